The topological polar surface area (TPSA) is 35.8 Å². The monoisotopic (exact) mass is 222 g/mol. The standard InChI is InChI=1S/C14H26N2/c1-12(10-13-6-7-13)16-9-5-4-8-14(2,3)11-15/h12-13,16H,4-10H2,1-3H3. The van der Waals surface area contributed by atoms with Crippen LogP contribution in [-0.4, -0.2) is 12.6 Å². The molecule has 1 rings (SSSR count). The van der Waals surface area contributed by atoms with E-state index in [9.17, 15) is 0 Å². The molecule has 1 unspecified atom stereocenters. The van der Waals surface area contributed by atoms with Crippen molar-refractivity contribution in [3.8, 4) is 6.07 Å². The third-order valence-corrected chi connectivity index (χ3v) is 3.41. The second-order valence-electron chi connectivity index (χ2n) is 5.99. The van der Waals surface area contributed by atoms with Gasteiger partial charge in [0.05, 0.1) is 11.5 Å². The summed E-state index contributed by atoms with van der Waals surface area (Å²) in [5.74, 6) is 1.01. The Morgan fingerprint density at radius 3 is 2.62 bits per heavy atom. The first-order valence-corrected chi connectivity index (χ1v) is 6.68. The van der Waals surface area contributed by atoms with Gasteiger partial charge in [0.25, 0.3) is 0 Å². The molecule has 0 radical (unpaired) electrons. The Morgan fingerprint density at radius 2 is 2.06 bits per heavy atom. The summed E-state index contributed by atoms with van der Waals surface area (Å²) in [6.45, 7) is 7.44. The normalized spacial score (nSPS) is 18.1. The lowest BCUT2D eigenvalue weighted by Gasteiger charge is -2.16. The molecule has 0 aliphatic heterocycles. The third-order valence-electron chi connectivity index (χ3n) is 3.41. The second kappa shape index (κ2) is 6.25. The minimum absolute atomic E-state index is 0.139. The lowest BCUT2D eigenvalue weighted by atomic mass is 9.89. The van der Waals surface area contributed by atoms with E-state index in [2.05, 4.69) is 18.3 Å². The zero-order valence-corrected chi connectivity index (χ0v) is 11.1. The fourth-order valence-corrected chi connectivity index (χ4v) is 2.03. The second-order valence-corrected chi connectivity index (χ2v) is 5.99. The molecule has 2 heteroatoms. The van der Waals surface area contributed by atoms with E-state index in [1.54, 1.807) is 0 Å². The average molecular weight is 222 g/mol. The molecule has 0 aromatic heterocycles. The van der Waals surface area contributed by atoms with Gasteiger partial charge in [-0.3, -0.25) is 0 Å². The van der Waals surface area contributed by atoms with Crippen LogP contribution in [0.4, 0.5) is 0 Å². The van der Waals surface area contributed by atoms with E-state index in [1.807, 2.05) is 13.8 Å². The van der Waals surface area contributed by atoms with Crippen LogP contribution >= 0.6 is 0 Å². The fraction of sp³-hybridized carbons (Fsp3) is 0.929. The van der Waals surface area contributed by atoms with E-state index in [-0.39, 0.29) is 5.41 Å². The first-order valence-electron chi connectivity index (χ1n) is 6.68. The molecule has 0 heterocycles. The Hall–Kier alpha value is -0.550. The largest absolute Gasteiger partial charge is 0.314 e. The van der Waals surface area contributed by atoms with Gasteiger partial charge in [0.1, 0.15) is 0 Å². The van der Waals surface area contributed by atoms with Crippen molar-refractivity contribution in [3.05, 3.63) is 0 Å². The molecule has 1 saturated carbocycles. The smallest absolute Gasteiger partial charge is 0.0683 e. The van der Waals surface area contributed by atoms with Gasteiger partial charge in [-0.1, -0.05) is 19.3 Å². The van der Waals surface area contributed by atoms with Gasteiger partial charge in [0.2, 0.25) is 0 Å². The maximum Gasteiger partial charge on any atom is 0.0683 e. The van der Waals surface area contributed by atoms with Crippen LogP contribution in [0, 0.1) is 22.7 Å². The van der Waals surface area contributed by atoms with Crippen LogP contribution in [0.15, 0.2) is 0 Å². The molecule has 0 amide bonds. The highest BCUT2D eigenvalue weighted by atomic mass is 14.9. The predicted octanol–water partition coefficient (Wildman–Crippen LogP) is 3.48. The Kier molecular flexibility index (Phi) is 5.28. The molecule has 0 bridgehead atoms. The van der Waals surface area contributed by atoms with E-state index in [4.69, 9.17) is 5.26 Å². The van der Waals surface area contributed by atoms with Crippen molar-refractivity contribution >= 4 is 0 Å². The maximum absolute atomic E-state index is 8.88. The number of unbranched alkanes of at least 4 members (excludes halogenated alkanes) is 1. The number of hydrogen-bond donors (Lipinski definition) is 1. The highest BCUT2D eigenvalue weighted by Gasteiger charge is 2.23. The molecule has 1 N–H and O–H groups in total. The Bertz CT molecular complexity index is 236. The van der Waals surface area contributed by atoms with Crippen LogP contribution in [-0.2, 0) is 0 Å². The Morgan fingerprint density at radius 1 is 1.38 bits per heavy atom. The zero-order chi connectivity index (χ0) is 12.0. The van der Waals surface area contributed by atoms with Gasteiger partial charge in [-0.2, -0.15) is 5.26 Å². The van der Waals surface area contributed by atoms with Crippen LogP contribution in [0.25, 0.3) is 0 Å². The van der Waals surface area contributed by atoms with Gasteiger partial charge in [-0.15, -0.1) is 0 Å². The van der Waals surface area contributed by atoms with Gasteiger partial charge >= 0.3 is 0 Å². The molecule has 2 nitrogen and oxygen atoms in total. The van der Waals surface area contributed by atoms with Gasteiger partial charge in [0.15, 0.2) is 0 Å². The lowest BCUT2D eigenvalue weighted by molar-refractivity contribution is 0.411. The maximum atomic E-state index is 8.88. The highest BCUT2D eigenvalue weighted by Crippen LogP contribution is 2.33. The van der Waals surface area contributed by atoms with Crippen molar-refractivity contribution in [2.24, 2.45) is 11.3 Å². The van der Waals surface area contributed by atoms with Crippen molar-refractivity contribution < 1.29 is 0 Å². The zero-order valence-electron chi connectivity index (χ0n) is 11.1. The summed E-state index contributed by atoms with van der Waals surface area (Å²) >= 11 is 0. The highest BCUT2D eigenvalue weighted by molar-refractivity contribution is 4.91. The van der Waals surface area contributed by atoms with Gasteiger partial charge < -0.3 is 5.32 Å². The van der Waals surface area contributed by atoms with Crippen molar-refractivity contribution in [1.29, 1.82) is 5.26 Å². The molecule has 1 aliphatic rings. The summed E-state index contributed by atoms with van der Waals surface area (Å²) in [4.78, 5) is 0. The van der Waals surface area contributed by atoms with E-state index in [0.717, 1.165) is 25.3 Å². The Labute approximate surface area is 100 Å². The van der Waals surface area contributed by atoms with E-state index < -0.39 is 0 Å². The van der Waals surface area contributed by atoms with Crippen molar-refractivity contribution in [3.63, 3.8) is 0 Å². The summed E-state index contributed by atoms with van der Waals surface area (Å²) in [5.41, 5.74) is -0.139. The van der Waals surface area contributed by atoms with Crippen LogP contribution in [0.1, 0.15) is 59.3 Å². The molecule has 0 aromatic carbocycles. The SMILES string of the molecule is CC(CC1CC1)NCCCCC(C)(C)C#N. The van der Waals surface area contributed by atoms with E-state index >= 15 is 0 Å². The van der Waals surface area contributed by atoms with E-state index in [0.29, 0.717) is 6.04 Å². The minimum atomic E-state index is -0.139. The number of rotatable bonds is 8. The summed E-state index contributed by atoms with van der Waals surface area (Å²) in [5, 5.41) is 12.5. The number of nitrogens with zero attached hydrogens (tertiary/aromatic N) is 1. The lowest BCUT2D eigenvalue weighted by Crippen LogP contribution is -2.27. The van der Waals surface area contributed by atoms with Gasteiger partial charge in [0, 0.05) is 6.04 Å². The quantitative estimate of drug-likeness (QED) is 0.638. The summed E-state index contributed by atoms with van der Waals surface area (Å²) < 4.78 is 0. The van der Waals surface area contributed by atoms with Crippen LogP contribution in [0.5, 0.6) is 0 Å². The van der Waals surface area contributed by atoms with Crippen molar-refractivity contribution in [2.75, 3.05) is 6.54 Å². The molecule has 1 aliphatic carbocycles. The van der Waals surface area contributed by atoms with Crippen molar-refractivity contribution in [1.82, 2.24) is 5.32 Å². The average Bonchev–Trinajstić information content (AvgIpc) is 3.01. The predicted molar refractivity (Wildman–Crippen MR) is 68.1 cm³/mol. The number of nitrogens with one attached hydrogen (secondary N) is 1. The molecule has 1 fully saturated rings. The minimum Gasteiger partial charge on any atom is -0.314 e. The summed E-state index contributed by atoms with van der Waals surface area (Å²) in [6.07, 6.45) is 7.61. The first kappa shape index (κ1) is 13.5. The summed E-state index contributed by atoms with van der Waals surface area (Å²) in [6, 6.07) is 3.03. The molecule has 92 valence electrons. The first-order chi connectivity index (χ1) is 7.53. The van der Waals surface area contributed by atoms with Crippen LogP contribution in [0.3, 0.4) is 0 Å². The molecule has 0 saturated heterocycles. The Balaban J connectivity index is 1.93. The molecule has 0 spiro atoms. The molecule has 16 heavy (non-hydrogen) atoms. The summed E-state index contributed by atoms with van der Waals surface area (Å²) in [7, 11) is 0. The third kappa shape index (κ3) is 6.12. The van der Waals surface area contributed by atoms with Crippen molar-refractivity contribution in [2.45, 2.75) is 65.3 Å². The molecule has 0 aromatic rings. The van der Waals surface area contributed by atoms with Crippen LogP contribution < -0.4 is 5.32 Å². The molecular formula is C14H26N2. The molecular weight excluding hydrogens is 196 g/mol. The van der Waals surface area contributed by atoms with Crippen LogP contribution in [0.2, 0.25) is 0 Å². The van der Waals surface area contributed by atoms with E-state index in [1.165, 1.54) is 25.7 Å². The number of hydrogen-bond acceptors (Lipinski definition) is 2. The fourth-order valence-electron chi connectivity index (χ4n) is 2.03. The number of nitriles is 1. The van der Waals surface area contributed by atoms with Gasteiger partial charge in [-0.05, 0) is 52.5 Å². The molecule has 1 atom stereocenters. The van der Waals surface area contributed by atoms with Gasteiger partial charge in [-0.25, -0.2) is 0 Å².